The maximum atomic E-state index is 11.0. The molecule has 0 saturated heterocycles. The first-order valence-electron chi connectivity index (χ1n) is 5.57. The third-order valence-corrected chi connectivity index (χ3v) is 3.83. The molecule has 0 aromatic heterocycles. The molecule has 1 rings (SSSR count). The van der Waals surface area contributed by atoms with Crippen LogP contribution in [-0.4, -0.2) is 20.8 Å². The maximum Gasteiger partial charge on any atom is 0.264 e. The van der Waals surface area contributed by atoms with Crippen LogP contribution in [0.1, 0.15) is 46.5 Å². The molecule has 1 fully saturated rings. The summed E-state index contributed by atoms with van der Waals surface area (Å²) in [5.41, 5.74) is 0.329. The van der Waals surface area contributed by atoms with Gasteiger partial charge < -0.3 is 0 Å². The normalized spacial score (nSPS) is 29.1. The van der Waals surface area contributed by atoms with Gasteiger partial charge in [-0.25, -0.2) is 0 Å². The van der Waals surface area contributed by atoms with Crippen molar-refractivity contribution in [2.75, 3.05) is 6.26 Å². The lowest BCUT2D eigenvalue weighted by atomic mass is 9.72. The van der Waals surface area contributed by atoms with Gasteiger partial charge in [0.25, 0.3) is 10.1 Å². The van der Waals surface area contributed by atoms with Gasteiger partial charge in [0.05, 0.1) is 12.4 Å². The van der Waals surface area contributed by atoms with Crippen molar-refractivity contribution in [3.63, 3.8) is 0 Å². The van der Waals surface area contributed by atoms with Crippen molar-refractivity contribution in [3.05, 3.63) is 0 Å². The van der Waals surface area contributed by atoms with Crippen LogP contribution in [0.5, 0.6) is 0 Å². The van der Waals surface area contributed by atoms with Crippen molar-refractivity contribution in [2.24, 2.45) is 11.3 Å². The van der Waals surface area contributed by atoms with Gasteiger partial charge in [0.15, 0.2) is 0 Å². The molecule has 4 heteroatoms. The Bertz CT molecular complexity index is 292. The molecule has 0 amide bonds. The third-order valence-electron chi connectivity index (χ3n) is 3.21. The minimum atomic E-state index is -3.28. The lowest BCUT2D eigenvalue weighted by Gasteiger charge is -2.36. The molecule has 1 aliphatic rings. The standard InChI is InChI=1S/C11H22O3S/c1-11(2,3)9-5-7-10(8-6-9)14-15(4,12)13/h9-10H,5-8H2,1-4H3/t9-,10+. The fraction of sp³-hybridized carbons (Fsp3) is 1.00. The first-order valence-corrected chi connectivity index (χ1v) is 7.38. The van der Waals surface area contributed by atoms with Crippen molar-refractivity contribution in [2.45, 2.75) is 52.6 Å². The van der Waals surface area contributed by atoms with Crippen LogP contribution >= 0.6 is 0 Å². The van der Waals surface area contributed by atoms with Gasteiger partial charge >= 0.3 is 0 Å². The van der Waals surface area contributed by atoms with Crippen molar-refractivity contribution in [1.82, 2.24) is 0 Å². The molecule has 1 aliphatic carbocycles. The summed E-state index contributed by atoms with van der Waals surface area (Å²) in [6.07, 6.45) is 4.93. The summed E-state index contributed by atoms with van der Waals surface area (Å²) in [4.78, 5) is 0. The SMILES string of the molecule is CC(C)(C)[C@H]1CC[C@@H](OS(C)(=O)=O)CC1. The fourth-order valence-corrected chi connectivity index (χ4v) is 2.96. The molecular formula is C11H22O3S. The minimum absolute atomic E-state index is 0.0846. The van der Waals surface area contributed by atoms with E-state index in [1.807, 2.05) is 0 Å². The van der Waals surface area contributed by atoms with E-state index in [9.17, 15) is 8.42 Å². The predicted octanol–water partition coefficient (Wildman–Crippen LogP) is 2.57. The topological polar surface area (TPSA) is 43.4 Å². The molecule has 1 saturated carbocycles. The van der Waals surface area contributed by atoms with Crippen LogP contribution in [0.4, 0.5) is 0 Å². The molecule has 0 aromatic carbocycles. The Labute approximate surface area is 93.3 Å². The second-order valence-corrected chi connectivity index (χ2v) is 7.24. The van der Waals surface area contributed by atoms with E-state index in [0.29, 0.717) is 11.3 Å². The van der Waals surface area contributed by atoms with Gasteiger partial charge in [-0.15, -0.1) is 0 Å². The second-order valence-electron chi connectivity index (χ2n) is 5.64. The number of hydrogen-bond donors (Lipinski definition) is 0. The predicted molar refractivity (Wildman–Crippen MR) is 61.1 cm³/mol. The Balaban J connectivity index is 2.43. The Hall–Kier alpha value is -0.0900. The summed E-state index contributed by atoms with van der Waals surface area (Å²) in [6.45, 7) is 6.74. The van der Waals surface area contributed by atoms with E-state index in [0.717, 1.165) is 31.9 Å². The summed E-state index contributed by atoms with van der Waals surface area (Å²) in [5, 5.41) is 0. The van der Waals surface area contributed by atoms with Gasteiger partial charge in [-0.3, -0.25) is 4.18 Å². The summed E-state index contributed by atoms with van der Waals surface area (Å²) in [7, 11) is -3.28. The van der Waals surface area contributed by atoms with Crippen LogP contribution in [-0.2, 0) is 14.3 Å². The number of hydrogen-bond acceptors (Lipinski definition) is 3. The largest absolute Gasteiger partial charge is 0.267 e. The van der Waals surface area contributed by atoms with Gasteiger partial charge in [0, 0.05) is 0 Å². The smallest absolute Gasteiger partial charge is 0.264 e. The Morgan fingerprint density at radius 1 is 1.07 bits per heavy atom. The van der Waals surface area contributed by atoms with Crippen LogP contribution in [0.3, 0.4) is 0 Å². The highest BCUT2D eigenvalue weighted by molar-refractivity contribution is 7.86. The minimum Gasteiger partial charge on any atom is -0.267 e. The molecule has 3 nitrogen and oxygen atoms in total. The van der Waals surface area contributed by atoms with Crippen LogP contribution in [0, 0.1) is 11.3 Å². The molecule has 0 unspecified atom stereocenters. The van der Waals surface area contributed by atoms with E-state index in [-0.39, 0.29) is 6.10 Å². The van der Waals surface area contributed by atoms with E-state index < -0.39 is 10.1 Å². The molecule has 0 radical (unpaired) electrons. The second kappa shape index (κ2) is 4.42. The van der Waals surface area contributed by atoms with Gasteiger partial charge in [-0.1, -0.05) is 20.8 Å². The van der Waals surface area contributed by atoms with Crippen LogP contribution in [0.25, 0.3) is 0 Å². The average Bonchev–Trinajstić information content (AvgIpc) is 2.00. The summed E-state index contributed by atoms with van der Waals surface area (Å²) in [6, 6.07) is 0. The molecule has 90 valence electrons. The third kappa shape index (κ3) is 4.51. The van der Waals surface area contributed by atoms with E-state index in [4.69, 9.17) is 4.18 Å². The highest BCUT2D eigenvalue weighted by atomic mass is 32.2. The fourth-order valence-electron chi connectivity index (χ4n) is 2.27. The van der Waals surface area contributed by atoms with E-state index in [1.165, 1.54) is 0 Å². The molecule has 0 aliphatic heterocycles. The van der Waals surface area contributed by atoms with Gasteiger partial charge in [-0.05, 0) is 37.0 Å². The number of rotatable bonds is 2. The van der Waals surface area contributed by atoms with E-state index >= 15 is 0 Å². The molecular weight excluding hydrogens is 212 g/mol. The highest BCUT2D eigenvalue weighted by Crippen LogP contribution is 2.38. The molecule has 15 heavy (non-hydrogen) atoms. The molecule has 0 bridgehead atoms. The van der Waals surface area contributed by atoms with Crippen LogP contribution in [0.15, 0.2) is 0 Å². The van der Waals surface area contributed by atoms with Crippen LogP contribution < -0.4 is 0 Å². The monoisotopic (exact) mass is 234 g/mol. The molecule has 0 atom stereocenters. The lowest BCUT2D eigenvalue weighted by Crippen LogP contribution is -2.30. The molecule has 0 N–H and O–H groups in total. The Kier molecular flexibility index (Phi) is 3.82. The summed E-state index contributed by atoms with van der Waals surface area (Å²) in [5.74, 6) is 0.692. The van der Waals surface area contributed by atoms with Gasteiger partial charge in [-0.2, -0.15) is 8.42 Å². The summed E-state index contributed by atoms with van der Waals surface area (Å²) >= 11 is 0. The maximum absolute atomic E-state index is 11.0. The Morgan fingerprint density at radius 2 is 1.53 bits per heavy atom. The highest BCUT2D eigenvalue weighted by Gasteiger charge is 2.31. The zero-order chi connectivity index (χ0) is 11.7. The molecule has 0 heterocycles. The van der Waals surface area contributed by atoms with E-state index in [2.05, 4.69) is 20.8 Å². The van der Waals surface area contributed by atoms with E-state index in [1.54, 1.807) is 0 Å². The van der Waals surface area contributed by atoms with Gasteiger partial charge in [0.1, 0.15) is 0 Å². The Morgan fingerprint density at radius 3 is 1.87 bits per heavy atom. The zero-order valence-electron chi connectivity index (χ0n) is 10.1. The molecule has 0 spiro atoms. The zero-order valence-corrected chi connectivity index (χ0v) is 10.9. The van der Waals surface area contributed by atoms with Gasteiger partial charge in [0.2, 0.25) is 0 Å². The van der Waals surface area contributed by atoms with Crippen LogP contribution in [0.2, 0.25) is 0 Å². The van der Waals surface area contributed by atoms with Crippen molar-refractivity contribution < 1.29 is 12.6 Å². The van der Waals surface area contributed by atoms with Crippen molar-refractivity contribution in [1.29, 1.82) is 0 Å². The quantitative estimate of drug-likeness (QED) is 0.690. The van der Waals surface area contributed by atoms with Crippen molar-refractivity contribution >= 4 is 10.1 Å². The first-order chi connectivity index (χ1) is 6.68. The average molecular weight is 234 g/mol. The molecule has 0 aromatic rings. The summed E-state index contributed by atoms with van der Waals surface area (Å²) < 4.78 is 26.9. The lowest BCUT2D eigenvalue weighted by molar-refractivity contribution is 0.0932. The first kappa shape index (κ1) is 13.0. The van der Waals surface area contributed by atoms with Crippen molar-refractivity contribution in [3.8, 4) is 0 Å².